The van der Waals surface area contributed by atoms with Gasteiger partial charge in [0.1, 0.15) is 5.01 Å². The fraction of sp³-hybridized carbons (Fsp3) is 0.688. The second kappa shape index (κ2) is 9.10. The molecule has 1 aromatic heterocycles. The van der Waals surface area contributed by atoms with Gasteiger partial charge in [0.2, 0.25) is 11.8 Å². The Morgan fingerprint density at radius 3 is 3.00 bits per heavy atom. The second-order valence-corrected chi connectivity index (χ2v) is 7.34. The molecular formula is C16H26N4O3S. The summed E-state index contributed by atoms with van der Waals surface area (Å²) < 4.78 is 0. The Balaban J connectivity index is 2.03. The lowest BCUT2D eigenvalue weighted by molar-refractivity contribution is -0.139. The van der Waals surface area contributed by atoms with E-state index in [0.717, 1.165) is 18.1 Å². The minimum atomic E-state index is -0.439. The van der Waals surface area contributed by atoms with Gasteiger partial charge >= 0.3 is 0 Å². The summed E-state index contributed by atoms with van der Waals surface area (Å²) >= 11 is 1.47. The van der Waals surface area contributed by atoms with E-state index in [4.69, 9.17) is 0 Å². The Kier molecular flexibility index (Phi) is 7.14. The van der Waals surface area contributed by atoms with E-state index in [1.54, 1.807) is 11.1 Å². The fourth-order valence-electron chi connectivity index (χ4n) is 2.87. The molecule has 2 rings (SSSR count). The SMILES string of the molecule is CC(C)CN1CCNC(=O)[C@H]1CC(=O)N(CCO)Cc1nccs1. The molecule has 8 heteroatoms. The summed E-state index contributed by atoms with van der Waals surface area (Å²) in [6.07, 6.45) is 1.82. The minimum Gasteiger partial charge on any atom is -0.395 e. The molecule has 2 amide bonds. The Hall–Kier alpha value is -1.51. The van der Waals surface area contributed by atoms with Crippen molar-refractivity contribution >= 4 is 23.2 Å². The number of rotatable bonds is 8. The number of carbonyl (C=O) groups excluding carboxylic acids is 2. The molecule has 2 heterocycles. The molecule has 0 unspecified atom stereocenters. The predicted molar refractivity (Wildman–Crippen MR) is 92.4 cm³/mol. The van der Waals surface area contributed by atoms with E-state index in [0.29, 0.717) is 19.0 Å². The number of aliphatic hydroxyl groups is 1. The van der Waals surface area contributed by atoms with Crippen LogP contribution in [0.3, 0.4) is 0 Å². The van der Waals surface area contributed by atoms with E-state index in [9.17, 15) is 14.7 Å². The third kappa shape index (κ3) is 5.25. The lowest BCUT2D eigenvalue weighted by atomic mass is 10.1. The van der Waals surface area contributed by atoms with E-state index in [-0.39, 0.29) is 31.4 Å². The van der Waals surface area contributed by atoms with Crippen LogP contribution in [0, 0.1) is 5.92 Å². The van der Waals surface area contributed by atoms with Crippen molar-refractivity contribution in [1.82, 2.24) is 20.1 Å². The van der Waals surface area contributed by atoms with Crippen LogP contribution < -0.4 is 5.32 Å². The van der Waals surface area contributed by atoms with Crippen LogP contribution in [0.25, 0.3) is 0 Å². The third-order valence-electron chi connectivity index (χ3n) is 3.94. The summed E-state index contributed by atoms with van der Waals surface area (Å²) in [5.41, 5.74) is 0. The van der Waals surface area contributed by atoms with Gasteiger partial charge in [0.15, 0.2) is 0 Å². The van der Waals surface area contributed by atoms with Gasteiger partial charge in [0.05, 0.1) is 25.6 Å². The lowest BCUT2D eigenvalue weighted by Gasteiger charge is -2.36. The molecule has 0 aromatic carbocycles. The quantitative estimate of drug-likeness (QED) is 0.702. The smallest absolute Gasteiger partial charge is 0.237 e. The van der Waals surface area contributed by atoms with Crippen molar-refractivity contribution in [3.63, 3.8) is 0 Å². The zero-order valence-electron chi connectivity index (χ0n) is 14.3. The first-order valence-electron chi connectivity index (χ1n) is 8.30. The Labute approximate surface area is 146 Å². The molecule has 0 radical (unpaired) electrons. The van der Waals surface area contributed by atoms with Crippen molar-refractivity contribution < 1.29 is 14.7 Å². The Morgan fingerprint density at radius 2 is 2.38 bits per heavy atom. The molecule has 24 heavy (non-hydrogen) atoms. The normalized spacial score (nSPS) is 18.7. The third-order valence-corrected chi connectivity index (χ3v) is 4.71. The lowest BCUT2D eigenvalue weighted by Crippen LogP contribution is -2.57. The van der Waals surface area contributed by atoms with Gasteiger partial charge in [-0.2, -0.15) is 0 Å². The number of hydrogen-bond acceptors (Lipinski definition) is 6. The van der Waals surface area contributed by atoms with Crippen LogP contribution in [0.4, 0.5) is 0 Å². The molecule has 0 spiro atoms. The minimum absolute atomic E-state index is 0.0894. The van der Waals surface area contributed by atoms with Gasteiger partial charge in [-0.15, -0.1) is 11.3 Å². The first-order valence-corrected chi connectivity index (χ1v) is 9.18. The molecule has 2 N–H and O–H groups in total. The van der Waals surface area contributed by atoms with Crippen molar-refractivity contribution in [3.05, 3.63) is 16.6 Å². The van der Waals surface area contributed by atoms with Crippen LogP contribution in [0.15, 0.2) is 11.6 Å². The van der Waals surface area contributed by atoms with E-state index < -0.39 is 6.04 Å². The van der Waals surface area contributed by atoms with Crippen molar-refractivity contribution in [2.24, 2.45) is 5.92 Å². The highest BCUT2D eigenvalue weighted by molar-refractivity contribution is 7.09. The van der Waals surface area contributed by atoms with E-state index in [1.165, 1.54) is 11.3 Å². The zero-order chi connectivity index (χ0) is 17.5. The number of carbonyl (C=O) groups is 2. The van der Waals surface area contributed by atoms with Crippen molar-refractivity contribution in [1.29, 1.82) is 0 Å². The molecular weight excluding hydrogens is 328 g/mol. The van der Waals surface area contributed by atoms with Gasteiger partial charge in [-0.1, -0.05) is 13.8 Å². The number of nitrogens with one attached hydrogen (secondary N) is 1. The number of hydrogen-bond donors (Lipinski definition) is 2. The topological polar surface area (TPSA) is 85.8 Å². The van der Waals surface area contributed by atoms with Crippen LogP contribution in [0.5, 0.6) is 0 Å². The highest BCUT2D eigenvalue weighted by atomic mass is 32.1. The van der Waals surface area contributed by atoms with E-state index in [2.05, 4.69) is 29.0 Å². The van der Waals surface area contributed by atoms with Crippen LogP contribution in [-0.2, 0) is 16.1 Å². The summed E-state index contributed by atoms with van der Waals surface area (Å²) in [4.78, 5) is 32.8. The van der Waals surface area contributed by atoms with Gasteiger partial charge in [-0.05, 0) is 5.92 Å². The average Bonchev–Trinajstić information content (AvgIpc) is 3.02. The summed E-state index contributed by atoms with van der Waals surface area (Å²) in [5.74, 6) is 0.209. The maximum Gasteiger partial charge on any atom is 0.237 e. The predicted octanol–water partition coefficient (Wildman–Crippen LogP) is 0.311. The monoisotopic (exact) mass is 354 g/mol. The van der Waals surface area contributed by atoms with E-state index >= 15 is 0 Å². The van der Waals surface area contributed by atoms with Crippen LogP contribution in [0.2, 0.25) is 0 Å². The highest BCUT2D eigenvalue weighted by Crippen LogP contribution is 2.15. The largest absolute Gasteiger partial charge is 0.395 e. The maximum atomic E-state index is 12.7. The van der Waals surface area contributed by atoms with Crippen molar-refractivity contribution in [2.75, 3.05) is 32.8 Å². The summed E-state index contributed by atoms with van der Waals surface area (Å²) in [6, 6.07) is -0.439. The average molecular weight is 354 g/mol. The van der Waals surface area contributed by atoms with Crippen molar-refractivity contribution in [2.45, 2.75) is 32.9 Å². The van der Waals surface area contributed by atoms with Gasteiger partial charge in [0, 0.05) is 37.8 Å². The number of aromatic nitrogens is 1. The Morgan fingerprint density at radius 1 is 1.58 bits per heavy atom. The number of amides is 2. The Bertz CT molecular complexity index is 535. The van der Waals surface area contributed by atoms with Crippen LogP contribution in [0.1, 0.15) is 25.3 Å². The highest BCUT2D eigenvalue weighted by Gasteiger charge is 2.33. The van der Waals surface area contributed by atoms with Gasteiger partial charge in [-0.25, -0.2) is 4.98 Å². The number of piperazine rings is 1. The second-order valence-electron chi connectivity index (χ2n) is 6.36. The molecule has 1 saturated heterocycles. The standard InChI is InChI=1S/C16H26N4O3S/c1-12(2)10-19-5-3-18-16(23)13(19)9-15(22)20(6-7-21)11-14-17-4-8-24-14/h4,8,12-13,21H,3,5-7,9-11H2,1-2H3,(H,18,23)/t13-/m1/s1. The summed E-state index contributed by atoms with van der Waals surface area (Å²) in [6.45, 7) is 6.88. The van der Waals surface area contributed by atoms with E-state index in [1.807, 2.05) is 5.38 Å². The number of aliphatic hydroxyl groups excluding tert-OH is 1. The molecule has 1 fully saturated rings. The molecule has 1 aliphatic rings. The molecule has 0 aliphatic carbocycles. The molecule has 0 saturated carbocycles. The number of thiazole rings is 1. The first kappa shape index (κ1) is 18.8. The van der Waals surface area contributed by atoms with Gasteiger partial charge in [0.25, 0.3) is 0 Å². The molecule has 1 atom stereocenters. The van der Waals surface area contributed by atoms with Crippen molar-refractivity contribution in [3.8, 4) is 0 Å². The maximum absolute atomic E-state index is 12.7. The number of nitrogens with zero attached hydrogens (tertiary/aromatic N) is 3. The van der Waals surface area contributed by atoms with Gasteiger partial charge < -0.3 is 15.3 Å². The van der Waals surface area contributed by atoms with Crippen LogP contribution >= 0.6 is 11.3 Å². The summed E-state index contributed by atoms with van der Waals surface area (Å²) in [5, 5.41) is 14.8. The van der Waals surface area contributed by atoms with Crippen LogP contribution in [-0.4, -0.2) is 70.5 Å². The zero-order valence-corrected chi connectivity index (χ0v) is 15.1. The fourth-order valence-corrected chi connectivity index (χ4v) is 3.50. The van der Waals surface area contributed by atoms with Gasteiger partial charge in [-0.3, -0.25) is 14.5 Å². The molecule has 0 bridgehead atoms. The first-order chi connectivity index (χ1) is 11.5. The summed E-state index contributed by atoms with van der Waals surface area (Å²) in [7, 11) is 0. The molecule has 134 valence electrons. The molecule has 7 nitrogen and oxygen atoms in total. The molecule has 1 aromatic rings. The molecule has 1 aliphatic heterocycles.